The first-order valence-corrected chi connectivity index (χ1v) is 16.9. The van der Waals surface area contributed by atoms with Gasteiger partial charge in [0, 0.05) is 31.0 Å². The lowest BCUT2D eigenvalue weighted by Gasteiger charge is -2.39. The average Bonchev–Trinajstić information content (AvgIpc) is 3.07. The van der Waals surface area contributed by atoms with E-state index < -0.39 is 0 Å². The lowest BCUT2D eigenvalue weighted by molar-refractivity contribution is -0.121. The van der Waals surface area contributed by atoms with Gasteiger partial charge in [0.2, 0.25) is 5.91 Å². The second kappa shape index (κ2) is 17.1. The average molecular weight is 708 g/mol. The van der Waals surface area contributed by atoms with Crippen LogP contribution in [0.5, 0.6) is 5.75 Å². The first-order valence-electron chi connectivity index (χ1n) is 16.1. The summed E-state index contributed by atoms with van der Waals surface area (Å²) in [5.41, 5.74) is 6.21. The van der Waals surface area contributed by atoms with Gasteiger partial charge >= 0.3 is 0 Å². The van der Waals surface area contributed by atoms with Crippen LogP contribution in [0.1, 0.15) is 72.9 Å². The van der Waals surface area contributed by atoms with Crippen LogP contribution in [0.4, 0.5) is 4.39 Å². The summed E-state index contributed by atoms with van der Waals surface area (Å²) in [4.78, 5) is 15.3. The molecule has 1 amide bonds. The van der Waals surface area contributed by atoms with Crippen molar-refractivity contribution >= 4 is 34.2 Å². The third-order valence-electron chi connectivity index (χ3n) is 9.44. The third-order valence-corrected chi connectivity index (χ3v) is 10.1. The molecule has 1 unspecified atom stereocenters. The van der Waals surface area contributed by atoms with Gasteiger partial charge < -0.3 is 10.1 Å². The first kappa shape index (κ1) is 35.7. The van der Waals surface area contributed by atoms with E-state index in [-0.39, 0.29) is 29.5 Å². The van der Waals surface area contributed by atoms with Crippen molar-refractivity contribution in [1.29, 1.82) is 0 Å². The van der Waals surface area contributed by atoms with Crippen LogP contribution >= 0.6 is 28.3 Å². The Kier molecular flexibility index (Phi) is 13.3. The van der Waals surface area contributed by atoms with E-state index >= 15 is 0 Å². The lowest BCUT2D eigenvalue weighted by Crippen LogP contribution is -2.36. The van der Waals surface area contributed by atoms with Gasteiger partial charge in [-0.25, -0.2) is 4.39 Å². The van der Waals surface area contributed by atoms with E-state index in [0.717, 1.165) is 61.0 Å². The number of methoxy groups -OCH3 is 1. The van der Waals surface area contributed by atoms with Gasteiger partial charge in [0.1, 0.15) is 11.6 Å². The van der Waals surface area contributed by atoms with Crippen molar-refractivity contribution < 1.29 is 13.9 Å². The second-order valence-electron chi connectivity index (χ2n) is 12.1. The summed E-state index contributed by atoms with van der Waals surface area (Å²) in [6.07, 6.45) is 5.91. The van der Waals surface area contributed by atoms with Crippen molar-refractivity contribution in [3.8, 4) is 5.75 Å². The molecule has 7 heteroatoms. The maximum absolute atomic E-state index is 13.2. The number of rotatable bonds is 14. The summed E-state index contributed by atoms with van der Waals surface area (Å²) >= 11 is 3.66. The third kappa shape index (κ3) is 8.78. The van der Waals surface area contributed by atoms with Gasteiger partial charge in [-0.2, -0.15) is 0 Å². The molecule has 4 aromatic rings. The summed E-state index contributed by atoms with van der Waals surface area (Å²) in [5.74, 6) is 0.665. The number of ether oxygens (including phenoxy) is 1. The molecular formula is C39H45BrClFN2O2. The summed E-state index contributed by atoms with van der Waals surface area (Å²) in [5, 5.41) is 3.14. The van der Waals surface area contributed by atoms with Crippen molar-refractivity contribution in [2.75, 3.05) is 26.7 Å². The van der Waals surface area contributed by atoms with Crippen molar-refractivity contribution in [2.45, 2.75) is 63.3 Å². The van der Waals surface area contributed by atoms with Crippen LogP contribution in [0.25, 0.3) is 0 Å². The monoisotopic (exact) mass is 706 g/mol. The summed E-state index contributed by atoms with van der Waals surface area (Å²) in [7, 11) is 1.73. The van der Waals surface area contributed by atoms with Gasteiger partial charge in [-0.3, -0.25) is 9.69 Å². The zero-order valence-electron chi connectivity index (χ0n) is 26.8. The van der Waals surface area contributed by atoms with Crippen LogP contribution < -0.4 is 10.1 Å². The van der Waals surface area contributed by atoms with E-state index in [2.05, 4.69) is 106 Å². The maximum Gasteiger partial charge on any atom is 0.220 e. The Morgan fingerprint density at radius 2 is 1.59 bits per heavy atom. The zero-order valence-corrected chi connectivity index (χ0v) is 29.2. The minimum absolute atomic E-state index is 0. The fourth-order valence-electron chi connectivity index (χ4n) is 6.91. The molecule has 1 atom stereocenters. The Bertz CT molecular complexity index is 1500. The maximum atomic E-state index is 13.2. The minimum Gasteiger partial charge on any atom is -0.496 e. The molecule has 1 aliphatic heterocycles. The van der Waals surface area contributed by atoms with Crippen molar-refractivity contribution in [3.63, 3.8) is 0 Å². The molecule has 0 spiro atoms. The predicted octanol–water partition coefficient (Wildman–Crippen LogP) is 9.23. The normalized spacial score (nSPS) is 14.7. The smallest absolute Gasteiger partial charge is 0.220 e. The highest BCUT2D eigenvalue weighted by Crippen LogP contribution is 2.42. The van der Waals surface area contributed by atoms with Gasteiger partial charge in [0.15, 0.2) is 0 Å². The van der Waals surface area contributed by atoms with Gasteiger partial charge in [-0.15, -0.1) is 12.4 Å². The van der Waals surface area contributed by atoms with Crippen LogP contribution in [0.15, 0.2) is 102 Å². The Labute approximate surface area is 288 Å². The molecule has 5 rings (SSSR count). The first-order chi connectivity index (χ1) is 21.9. The molecule has 1 aliphatic rings. The Balaban J connectivity index is 0.00000480. The summed E-state index contributed by atoms with van der Waals surface area (Å²) in [6.45, 7) is 4.99. The SMILES string of the molecule is COc1cc2c(cc1Br)CCN(CCCC(CCCNC(=O)CCc1ccc(F)cc1)(c1ccccc1)c1ccccc1)C2C.Cl. The molecule has 4 nitrogen and oxygen atoms in total. The molecule has 0 radical (unpaired) electrons. The molecule has 0 aliphatic carbocycles. The molecule has 1 heterocycles. The number of carbonyl (C=O) groups is 1. The van der Waals surface area contributed by atoms with Gasteiger partial charge in [-0.1, -0.05) is 72.8 Å². The number of hydrogen-bond donors (Lipinski definition) is 1. The predicted molar refractivity (Wildman–Crippen MR) is 191 cm³/mol. The fraction of sp³-hybridized carbons (Fsp3) is 0.359. The van der Waals surface area contributed by atoms with Gasteiger partial charge in [0.05, 0.1) is 11.6 Å². The van der Waals surface area contributed by atoms with Crippen LogP contribution in [0.2, 0.25) is 0 Å². The Morgan fingerprint density at radius 3 is 2.22 bits per heavy atom. The van der Waals surface area contributed by atoms with E-state index in [1.807, 2.05) is 0 Å². The number of carbonyl (C=O) groups excluding carboxylic acids is 1. The topological polar surface area (TPSA) is 41.6 Å². The largest absolute Gasteiger partial charge is 0.496 e. The number of aryl methyl sites for hydroxylation is 1. The van der Waals surface area contributed by atoms with E-state index in [4.69, 9.17) is 4.74 Å². The molecule has 0 bridgehead atoms. The molecule has 244 valence electrons. The van der Waals surface area contributed by atoms with E-state index in [9.17, 15) is 9.18 Å². The number of benzene rings is 4. The van der Waals surface area contributed by atoms with E-state index in [1.54, 1.807) is 19.2 Å². The summed E-state index contributed by atoms with van der Waals surface area (Å²) < 4.78 is 19.9. The Morgan fingerprint density at radius 1 is 0.957 bits per heavy atom. The van der Waals surface area contributed by atoms with Crippen molar-refractivity contribution in [3.05, 3.63) is 135 Å². The van der Waals surface area contributed by atoms with Gasteiger partial charge in [-0.05, 0) is 120 Å². The van der Waals surface area contributed by atoms with Crippen LogP contribution in [-0.2, 0) is 23.1 Å². The van der Waals surface area contributed by atoms with Crippen LogP contribution in [0.3, 0.4) is 0 Å². The van der Waals surface area contributed by atoms with Gasteiger partial charge in [0.25, 0.3) is 0 Å². The molecule has 46 heavy (non-hydrogen) atoms. The summed E-state index contributed by atoms with van der Waals surface area (Å²) in [6, 6.07) is 32.9. The zero-order chi connectivity index (χ0) is 31.6. The highest BCUT2D eigenvalue weighted by atomic mass is 79.9. The number of amides is 1. The molecule has 0 saturated carbocycles. The quantitative estimate of drug-likeness (QED) is 0.133. The Hall–Kier alpha value is -3.19. The second-order valence-corrected chi connectivity index (χ2v) is 13.0. The number of hydrogen-bond acceptors (Lipinski definition) is 3. The van der Waals surface area contributed by atoms with Crippen molar-refractivity contribution in [2.24, 2.45) is 0 Å². The standard InChI is InChI=1S/C39H44BrFN2O2.ClH/c1-29-35-28-37(45-2)36(40)27-31(35)21-26-43(29)25-10-23-39(32-11-5-3-6-12-32,33-13-7-4-8-14-33)22-9-24-42-38(44)20-17-30-15-18-34(41)19-16-30;/h3-8,11-16,18-19,27-29H,9-10,17,20-26H2,1-2H3,(H,42,44);1H. The molecule has 4 aromatic carbocycles. The molecule has 0 saturated heterocycles. The molecule has 0 aromatic heterocycles. The highest BCUT2D eigenvalue weighted by Gasteiger charge is 2.34. The number of nitrogens with one attached hydrogen (secondary N) is 1. The molecule has 0 fully saturated rings. The van der Waals surface area contributed by atoms with E-state index in [0.29, 0.717) is 25.4 Å². The molecule has 1 N–H and O–H groups in total. The van der Waals surface area contributed by atoms with Crippen molar-refractivity contribution in [1.82, 2.24) is 10.2 Å². The number of nitrogens with zero attached hydrogens (tertiary/aromatic N) is 1. The number of halogens is 3. The van der Waals surface area contributed by atoms with Crippen LogP contribution in [-0.4, -0.2) is 37.6 Å². The lowest BCUT2D eigenvalue weighted by atomic mass is 9.68. The molecular weight excluding hydrogens is 663 g/mol. The van der Waals surface area contributed by atoms with Crippen LogP contribution in [0, 0.1) is 5.82 Å². The highest BCUT2D eigenvalue weighted by molar-refractivity contribution is 9.10. The fourth-order valence-corrected chi connectivity index (χ4v) is 7.47. The number of fused-ring (bicyclic) bond motifs is 1. The van der Waals surface area contributed by atoms with E-state index in [1.165, 1.54) is 34.4 Å². The minimum atomic E-state index is -0.256.